The molecular formula is C12H13NOS. The lowest BCUT2D eigenvalue weighted by molar-refractivity contribution is 0.0967. The topological polar surface area (TPSA) is 30.0 Å². The van der Waals surface area contributed by atoms with E-state index in [0.29, 0.717) is 17.3 Å². The molecule has 2 rings (SSSR count). The number of hydrogen-bond donors (Lipinski definition) is 0. The molecule has 0 unspecified atom stereocenters. The Bertz CT molecular complexity index is 454. The van der Waals surface area contributed by atoms with Crippen LogP contribution in [-0.2, 0) is 0 Å². The summed E-state index contributed by atoms with van der Waals surface area (Å²) in [6, 6.07) is 7.85. The number of fused-ring (bicyclic) bond motifs is 1. The molecule has 2 aromatic rings. The van der Waals surface area contributed by atoms with Crippen LogP contribution < -0.4 is 0 Å². The Morgan fingerprint density at radius 3 is 2.80 bits per heavy atom. The quantitative estimate of drug-likeness (QED) is 0.739. The molecule has 0 amide bonds. The van der Waals surface area contributed by atoms with Gasteiger partial charge in [-0.15, -0.1) is 11.3 Å². The Labute approximate surface area is 93.0 Å². The third kappa shape index (κ3) is 2.23. The SMILES string of the molecule is CC(C)CC(=O)c1nc2ccccc2s1. The summed E-state index contributed by atoms with van der Waals surface area (Å²) in [5.74, 6) is 0.552. The van der Waals surface area contributed by atoms with E-state index in [4.69, 9.17) is 0 Å². The highest BCUT2D eigenvalue weighted by Crippen LogP contribution is 2.23. The van der Waals surface area contributed by atoms with Crippen LogP contribution in [0.15, 0.2) is 24.3 Å². The van der Waals surface area contributed by atoms with Crippen molar-refractivity contribution < 1.29 is 4.79 Å². The number of carbonyl (C=O) groups is 1. The predicted octanol–water partition coefficient (Wildman–Crippen LogP) is 3.53. The standard InChI is InChI=1S/C12H13NOS/c1-8(2)7-10(14)12-13-9-5-3-4-6-11(9)15-12/h3-6,8H,7H2,1-2H3. The van der Waals surface area contributed by atoms with Crippen molar-refractivity contribution in [3.63, 3.8) is 0 Å². The van der Waals surface area contributed by atoms with Crippen LogP contribution in [0.25, 0.3) is 10.2 Å². The number of Topliss-reactive ketones (excluding diaryl/α,β-unsaturated/α-hetero) is 1. The zero-order valence-corrected chi connectivity index (χ0v) is 9.67. The van der Waals surface area contributed by atoms with E-state index in [0.717, 1.165) is 10.2 Å². The monoisotopic (exact) mass is 219 g/mol. The van der Waals surface area contributed by atoms with E-state index in [2.05, 4.69) is 4.98 Å². The molecule has 0 aliphatic rings. The van der Waals surface area contributed by atoms with Crippen LogP contribution >= 0.6 is 11.3 Å². The van der Waals surface area contributed by atoms with Gasteiger partial charge in [-0.05, 0) is 18.1 Å². The first-order valence-corrected chi connectivity index (χ1v) is 5.87. The smallest absolute Gasteiger partial charge is 0.191 e. The molecule has 15 heavy (non-hydrogen) atoms. The lowest BCUT2D eigenvalue weighted by atomic mass is 10.1. The number of hydrogen-bond acceptors (Lipinski definition) is 3. The van der Waals surface area contributed by atoms with Gasteiger partial charge in [0, 0.05) is 6.42 Å². The second-order valence-corrected chi connectivity index (χ2v) is 5.04. The Hall–Kier alpha value is -1.22. The summed E-state index contributed by atoms with van der Waals surface area (Å²) >= 11 is 1.49. The minimum Gasteiger partial charge on any atom is -0.292 e. The Morgan fingerprint density at radius 2 is 2.13 bits per heavy atom. The number of rotatable bonds is 3. The van der Waals surface area contributed by atoms with Crippen LogP contribution in [0, 0.1) is 5.92 Å². The van der Waals surface area contributed by atoms with Crippen molar-refractivity contribution in [2.45, 2.75) is 20.3 Å². The first-order chi connectivity index (χ1) is 7.16. The second kappa shape index (κ2) is 4.11. The normalized spacial score (nSPS) is 11.1. The highest BCUT2D eigenvalue weighted by molar-refractivity contribution is 7.20. The maximum atomic E-state index is 11.8. The van der Waals surface area contributed by atoms with E-state index < -0.39 is 0 Å². The van der Waals surface area contributed by atoms with Crippen molar-refractivity contribution in [2.75, 3.05) is 0 Å². The van der Waals surface area contributed by atoms with Gasteiger partial charge in [-0.3, -0.25) is 4.79 Å². The lowest BCUT2D eigenvalue weighted by Gasteiger charge is -1.99. The summed E-state index contributed by atoms with van der Waals surface area (Å²) in [6.07, 6.45) is 0.583. The zero-order valence-electron chi connectivity index (χ0n) is 8.86. The molecule has 0 aliphatic heterocycles. The highest BCUT2D eigenvalue weighted by atomic mass is 32.1. The molecule has 1 heterocycles. The predicted molar refractivity (Wildman–Crippen MR) is 63.4 cm³/mol. The van der Waals surface area contributed by atoms with Crippen LogP contribution in [0.5, 0.6) is 0 Å². The number of para-hydroxylation sites is 1. The molecule has 0 aliphatic carbocycles. The van der Waals surface area contributed by atoms with Gasteiger partial charge in [0.2, 0.25) is 0 Å². The summed E-state index contributed by atoms with van der Waals surface area (Å²) in [6.45, 7) is 4.09. The molecule has 1 aromatic carbocycles. The fourth-order valence-corrected chi connectivity index (χ4v) is 2.36. The van der Waals surface area contributed by atoms with Gasteiger partial charge in [0.25, 0.3) is 0 Å². The van der Waals surface area contributed by atoms with Crippen LogP contribution in [0.3, 0.4) is 0 Å². The van der Waals surface area contributed by atoms with Gasteiger partial charge in [-0.1, -0.05) is 26.0 Å². The molecular weight excluding hydrogens is 206 g/mol. The fraction of sp³-hybridized carbons (Fsp3) is 0.333. The van der Waals surface area contributed by atoms with Crippen LogP contribution in [0.1, 0.15) is 30.1 Å². The molecule has 1 aromatic heterocycles. The first-order valence-electron chi connectivity index (χ1n) is 5.05. The molecule has 0 spiro atoms. The van der Waals surface area contributed by atoms with Gasteiger partial charge in [-0.2, -0.15) is 0 Å². The molecule has 0 fully saturated rings. The van der Waals surface area contributed by atoms with Crippen molar-refractivity contribution in [1.82, 2.24) is 4.98 Å². The lowest BCUT2D eigenvalue weighted by Crippen LogP contribution is -2.02. The minimum absolute atomic E-state index is 0.159. The summed E-state index contributed by atoms with van der Waals surface area (Å²) < 4.78 is 1.09. The van der Waals surface area contributed by atoms with E-state index in [1.54, 1.807) is 0 Å². The number of benzene rings is 1. The molecule has 0 radical (unpaired) electrons. The van der Waals surface area contributed by atoms with Crippen molar-refractivity contribution in [2.24, 2.45) is 5.92 Å². The van der Waals surface area contributed by atoms with Crippen molar-refractivity contribution in [3.8, 4) is 0 Å². The number of carbonyl (C=O) groups excluding carboxylic acids is 1. The van der Waals surface area contributed by atoms with E-state index in [9.17, 15) is 4.79 Å². The third-order valence-corrected chi connectivity index (χ3v) is 3.20. The number of ketones is 1. The van der Waals surface area contributed by atoms with Gasteiger partial charge in [0.15, 0.2) is 10.8 Å². The van der Waals surface area contributed by atoms with Crippen molar-refractivity contribution >= 4 is 27.3 Å². The van der Waals surface area contributed by atoms with E-state index in [-0.39, 0.29) is 5.78 Å². The number of nitrogens with zero attached hydrogens (tertiary/aromatic N) is 1. The van der Waals surface area contributed by atoms with Crippen molar-refractivity contribution in [3.05, 3.63) is 29.3 Å². The van der Waals surface area contributed by atoms with E-state index >= 15 is 0 Å². The minimum atomic E-state index is 0.159. The average Bonchev–Trinajstić information content (AvgIpc) is 2.59. The Kier molecular flexibility index (Phi) is 2.82. The van der Waals surface area contributed by atoms with Crippen LogP contribution in [0.2, 0.25) is 0 Å². The number of aromatic nitrogens is 1. The second-order valence-electron chi connectivity index (χ2n) is 4.01. The molecule has 0 N–H and O–H groups in total. The van der Waals surface area contributed by atoms with Crippen LogP contribution in [-0.4, -0.2) is 10.8 Å². The zero-order chi connectivity index (χ0) is 10.8. The van der Waals surface area contributed by atoms with Crippen molar-refractivity contribution in [1.29, 1.82) is 0 Å². The summed E-state index contributed by atoms with van der Waals surface area (Å²) in [4.78, 5) is 16.1. The maximum absolute atomic E-state index is 11.8. The van der Waals surface area contributed by atoms with Gasteiger partial charge in [0.1, 0.15) is 0 Å². The average molecular weight is 219 g/mol. The van der Waals surface area contributed by atoms with E-state index in [1.807, 2.05) is 38.1 Å². The van der Waals surface area contributed by atoms with Gasteiger partial charge >= 0.3 is 0 Å². The molecule has 78 valence electrons. The van der Waals surface area contributed by atoms with Gasteiger partial charge in [-0.25, -0.2) is 4.98 Å². The van der Waals surface area contributed by atoms with E-state index in [1.165, 1.54) is 11.3 Å². The highest BCUT2D eigenvalue weighted by Gasteiger charge is 2.12. The number of thiazole rings is 1. The molecule has 2 nitrogen and oxygen atoms in total. The Morgan fingerprint density at radius 1 is 1.40 bits per heavy atom. The molecule has 0 saturated heterocycles. The molecule has 0 bridgehead atoms. The van der Waals surface area contributed by atoms with Crippen LogP contribution in [0.4, 0.5) is 0 Å². The Balaban J connectivity index is 2.32. The maximum Gasteiger partial charge on any atom is 0.191 e. The fourth-order valence-electron chi connectivity index (χ4n) is 1.45. The summed E-state index contributed by atoms with van der Waals surface area (Å²) in [7, 11) is 0. The first kappa shape index (κ1) is 10.3. The summed E-state index contributed by atoms with van der Waals surface area (Å²) in [5.41, 5.74) is 0.926. The van der Waals surface area contributed by atoms with Gasteiger partial charge in [0.05, 0.1) is 10.2 Å². The molecule has 0 atom stereocenters. The largest absolute Gasteiger partial charge is 0.292 e. The van der Waals surface area contributed by atoms with Gasteiger partial charge < -0.3 is 0 Å². The molecule has 0 saturated carbocycles. The molecule has 3 heteroatoms. The summed E-state index contributed by atoms with van der Waals surface area (Å²) in [5, 5.41) is 0.643. The third-order valence-electron chi connectivity index (χ3n) is 2.13.